The second-order valence-electron chi connectivity index (χ2n) is 15.5. The van der Waals surface area contributed by atoms with E-state index < -0.39 is 35.4 Å². The van der Waals surface area contributed by atoms with Gasteiger partial charge in [0.05, 0.1) is 31.1 Å². The van der Waals surface area contributed by atoms with E-state index in [0.29, 0.717) is 68.1 Å². The van der Waals surface area contributed by atoms with Crippen LogP contribution in [0.15, 0.2) is 54.9 Å². The highest BCUT2D eigenvalue weighted by Gasteiger charge is 2.38. The Balaban J connectivity index is 1.00. The SMILES string of the molecule is COC(=O)N[C@@H](C(=O)N1CCC[C@H]1c1ncc(-c2cc(F)c(N3CCC(c4cnc([C@@H]5CCCN5C(=O)OC(C)(C)C)[nH]4)CC3)c(F)c2)[nH]1)c1ccccc1. The van der Waals surface area contributed by atoms with Crippen molar-refractivity contribution in [1.82, 2.24) is 35.1 Å². The van der Waals surface area contributed by atoms with E-state index in [0.717, 1.165) is 30.8 Å². The van der Waals surface area contributed by atoms with E-state index in [9.17, 15) is 14.4 Å². The predicted octanol–water partition coefficient (Wildman–Crippen LogP) is 7.29. The average Bonchev–Trinajstić information content (AvgIpc) is 4.00. The number of methoxy groups -OCH3 is 1. The van der Waals surface area contributed by atoms with Crippen LogP contribution < -0.4 is 10.2 Å². The number of aromatic amines is 2. The van der Waals surface area contributed by atoms with Crippen LogP contribution in [-0.4, -0.2) is 86.7 Å². The van der Waals surface area contributed by atoms with Crippen molar-refractivity contribution in [2.24, 2.45) is 0 Å². The van der Waals surface area contributed by atoms with E-state index in [4.69, 9.17) is 9.47 Å². The Morgan fingerprint density at radius 3 is 2.13 bits per heavy atom. The first kappa shape index (κ1) is 37.8. The fraction of sp³-hybridized carbons (Fsp3) is 0.475. The van der Waals surface area contributed by atoms with E-state index in [-0.39, 0.29) is 29.6 Å². The lowest BCUT2D eigenvalue weighted by atomic mass is 9.93. The van der Waals surface area contributed by atoms with Gasteiger partial charge in [-0.3, -0.25) is 9.69 Å². The lowest BCUT2D eigenvalue weighted by Gasteiger charge is -2.33. The van der Waals surface area contributed by atoms with Gasteiger partial charge in [0.15, 0.2) is 0 Å². The number of carbonyl (C=O) groups excluding carboxylic acids is 3. The summed E-state index contributed by atoms with van der Waals surface area (Å²) in [5.74, 6) is -0.305. The van der Waals surface area contributed by atoms with Gasteiger partial charge in [0.25, 0.3) is 5.91 Å². The maximum absolute atomic E-state index is 15.8. The highest BCUT2D eigenvalue weighted by atomic mass is 19.1. The Kier molecular flexibility index (Phi) is 10.8. The van der Waals surface area contributed by atoms with Crippen LogP contribution in [-0.2, 0) is 14.3 Å². The summed E-state index contributed by atoms with van der Waals surface area (Å²) < 4.78 is 41.9. The van der Waals surface area contributed by atoms with E-state index >= 15 is 8.78 Å². The van der Waals surface area contributed by atoms with Crippen LogP contribution in [0.25, 0.3) is 11.3 Å². The Morgan fingerprint density at radius 1 is 0.855 bits per heavy atom. The summed E-state index contributed by atoms with van der Waals surface area (Å²) in [4.78, 5) is 59.8. The molecule has 5 heterocycles. The first-order valence-corrected chi connectivity index (χ1v) is 18.9. The minimum atomic E-state index is -0.963. The Morgan fingerprint density at radius 2 is 1.47 bits per heavy atom. The fourth-order valence-corrected chi connectivity index (χ4v) is 8.00. The zero-order valence-electron chi connectivity index (χ0n) is 31.6. The standard InChI is InChI=1S/C40H48F2N8O5/c1-40(2,3)55-39(53)50-17-9-13-32(50)36-43-22-29(45-36)24-14-18-48(19-15-24)34-27(41)20-26(21-28(34)42)30-23-44-35(46-30)31-12-8-16-49(31)37(51)33(47-38(52)54-4)25-10-6-5-7-11-25/h5-7,10-11,20-24,31-33H,8-9,12-19H2,1-4H3,(H,43,45)(H,44,46)(H,47,52)/t31-,32-,33+/m0/s1. The van der Waals surface area contributed by atoms with Crippen LogP contribution in [0.3, 0.4) is 0 Å². The van der Waals surface area contributed by atoms with E-state index in [1.165, 1.54) is 25.4 Å². The van der Waals surface area contributed by atoms with Crippen molar-refractivity contribution in [3.05, 3.63) is 89.4 Å². The molecule has 3 atom stereocenters. The molecule has 15 heteroatoms. The molecule has 7 rings (SSSR count). The van der Waals surface area contributed by atoms with Crippen molar-refractivity contribution in [2.45, 2.75) is 88.9 Å². The molecule has 4 aromatic rings. The Labute approximate surface area is 318 Å². The van der Waals surface area contributed by atoms with E-state index in [1.807, 2.05) is 33.0 Å². The predicted molar refractivity (Wildman–Crippen MR) is 200 cm³/mol. The van der Waals surface area contributed by atoms with Gasteiger partial charge in [-0.05, 0) is 77.0 Å². The molecule has 13 nitrogen and oxygen atoms in total. The molecule has 0 radical (unpaired) electrons. The van der Waals surface area contributed by atoms with Crippen molar-refractivity contribution in [3.63, 3.8) is 0 Å². The van der Waals surface area contributed by atoms with Gasteiger partial charge in [-0.25, -0.2) is 28.3 Å². The van der Waals surface area contributed by atoms with Crippen molar-refractivity contribution in [3.8, 4) is 11.3 Å². The van der Waals surface area contributed by atoms with Crippen LogP contribution in [0, 0.1) is 11.6 Å². The zero-order valence-corrected chi connectivity index (χ0v) is 31.6. The number of halogens is 2. The van der Waals surface area contributed by atoms with Crippen LogP contribution in [0.5, 0.6) is 0 Å². The normalized spacial score (nSPS) is 19.8. The maximum Gasteiger partial charge on any atom is 0.410 e. The number of anilines is 1. The van der Waals surface area contributed by atoms with Gasteiger partial charge in [0.2, 0.25) is 0 Å². The van der Waals surface area contributed by atoms with Gasteiger partial charge in [0, 0.05) is 49.6 Å². The summed E-state index contributed by atoms with van der Waals surface area (Å²) in [7, 11) is 1.24. The van der Waals surface area contributed by atoms with Crippen LogP contribution in [0.2, 0.25) is 0 Å². The molecule has 2 aromatic carbocycles. The number of benzene rings is 2. The fourth-order valence-electron chi connectivity index (χ4n) is 8.00. The van der Waals surface area contributed by atoms with Gasteiger partial charge in [-0.1, -0.05) is 30.3 Å². The van der Waals surface area contributed by atoms with E-state index in [2.05, 4.69) is 25.3 Å². The number of carbonyl (C=O) groups is 3. The van der Waals surface area contributed by atoms with Crippen LogP contribution in [0.1, 0.15) is 106 Å². The summed E-state index contributed by atoms with van der Waals surface area (Å²) in [5, 5.41) is 2.65. The molecular formula is C40H48F2N8O5. The quantitative estimate of drug-likeness (QED) is 0.170. The van der Waals surface area contributed by atoms with Gasteiger partial charge in [-0.15, -0.1) is 0 Å². The van der Waals surface area contributed by atoms with Crippen molar-refractivity contribution in [1.29, 1.82) is 0 Å². The number of hydrogen-bond acceptors (Lipinski definition) is 8. The number of likely N-dealkylation sites (tertiary alicyclic amines) is 2. The molecule has 0 unspecified atom stereocenters. The summed E-state index contributed by atoms with van der Waals surface area (Å²) >= 11 is 0. The number of aromatic nitrogens is 4. The average molecular weight is 759 g/mol. The van der Waals surface area contributed by atoms with Gasteiger partial charge in [-0.2, -0.15) is 0 Å². The van der Waals surface area contributed by atoms with Crippen molar-refractivity contribution in [2.75, 3.05) is 38.2 Å². The lowest BCUT2D eigenvalue weighted by molar-refractivity contribution is -0.134. The van der Waals surface area contributed by atoms with Crippen LogP contribution >= 0.6 is 0 Å². The molecule has 3 aliphatic heterocycles. The van der Waals surface area contributed by atoms with Gasteiger partial charge in [0.1, 0.15) is 40.6 Å². The van der Waals surface area contributed by atoms with Crippen molar-refractivity contribution >= 4 is 23.8 Å². The lowest BCUT2D eigenvalue weighted by Crippen LogP contribution is -2.42. The molecule has 2 aromatic heterocycles. The molecule has 3 fully saturated rings. The number of amides is 3. The molecule has 3 aliphatic rings. The third kappa shape index (κ3) is 8.15. The summed E-state index contributed by atoms with van der Waals surface area (Å²) in [6, 6.07) is 9.98. The topological polar surface area (TPSA) is 149 Å². The molecule has 3 N–H and O–H groups in total. The third-order valence-electron chi connectivity index (χ3n) is 10.7. The number of nitrogens with zero attached hydrogens (tertiary/aromatic N) is 5. The highest BCUT2D eigenvalue weighted by molar-refractivity contribution is 5.87. The smallest absolute Gasteiger partial charge is 0.410 e. The second-order valence-corrected chi connectivity index (χ2v) is 15.5. The Bertz CT molecular complexity index is 1980. The van der Waals surface area contributed by atoms with Gasteiger partial charge < -0.3 is 34.6 Å². The first-order valence-electron chi connectivity index (χ1n) is 18.9. The molecule has 0 saturated carbocycles. The Hall–Kier alpha value is -5.47. The molecule has 0 spiro atoms. The van der Waals surface area contributed by atoms with Gasteiger partial charge >= 0.3 is 12.2 Å². The van der Waals surface area contributed by atoms with Crippen LogP contribution in [0.4, 0.5) is 24.1 Å². The minimum Gasteiger partial charge on any atom is -0.453 e. The number of H-pyrrole nitrogens is 2. The third-order valence-corrected chi connectivity index (χ3v) is 10.7. The van der Waals surface area contributed by atoms with Crippen molar-refractivity contribution < 1.29 is 32.6 Å². The number of imidazole rings is 2. The molecule has 3 amide bonds. The second kappa shape index (κ2) is 15.7. The number of alkyl carbamates (subject to hydrolysis) is 1. The molecule has 0 aliphatic carbocycles. The number of rotatable bonds is 8. The molecular weight excluding hydrogens is 710 g/mol. The molecule has 55 heavy (non-hydrogen) atoms. The number of ether oxygens (including phenoxy) is 2. The summed E-state index contributed by atoms with van der Waals surface area (Å²) in [5.41, 5.74) is 1.64. The minimum absolute atomic E-state index is 0.0659. The number of nitrogens with one attached hydrogen (secondary N) is 3. The summed E-state index contributed by atoms with van der Waals surface area (Å²) in [6.07, 6.45) is 6.61. The number of hydrogen-bond donors (Lipinski definition) is 3. The largest absolute Gasteiger partial charge is 0.453 e. The summed E-state index contributed by atoms with van der Waals surface area (Å²) in [6.45, 7) is 7.52. The van der Waals surface area contributed by atoms with E-state index in [1.54, 1.807) is 39.0 Å². The molecule has 292 valence electrons. The maximum atomic E-state index is 15.8. The molecule has 0 bridgehead atoms. The zero-order chi connectivity index (χ0) is 38.9. The monoisotopic (exact) mass is 758 g/mol. The first-order chi connectivity index (χ1) is 26.4. The highest BCUT2D eigenvalue weighted by Crippen LogP contribution is 2.38. The number of piperidine rings is 1. The molecule has 3 saturated heterocycles.